The van der Waals surface area contributed by atoms with Gasteiger partial charge in [-0.3, -0.25) is 0 Å². The van der Waals surface area contributed by atoms with Gasteiger partial charge in [-0.2, -0.15) is 0 Å². The van der Waals surface area contributed by atoms with Crippen molar-refractivity contribution in [1.82, 2.24) is 9.55 Å². The molecule has 0 bridgehead atoms. The molecule has 4 nitrogen and oxygen atoms in total. The molecule has 18 heavy (non-hydrogen) atoms. The molecule has 1 aromatic carbocycles. The molecule has 2 aromatic rings. The topological polar surface area (TPSA) is 53.1 Å². The molecule has 2 rings (SSSR count). The third-order valence-electron chi connectivity index (χ3n) is 2.97. The van der Waals surface area contributed by atoms with Crippen LogP contribution in [0.1, 0.15) is 11.5 Å². The highest BCUT2D eigenvalue weighted by Gasteiger charge is 2.14. The zero-order chi connectivity index (χ0) is 13.3. The summed E-state index contributed by atoms with van der Waals surface area (Å²) in [4.78, 5) is 4.36. The van der Waals surface area contributed by atoms with Crippen LogP contribution in [-0.4, -0.2) is 16.7 Å². The highest BCUT2D eigenvalue weighted by molar-refractivity contribution is 5.64. The minimum atomic E-state index is -0.384. The lowest BCUT2D eigenvalue weighted by molar-refractivity contribution is 0.386. The van der Waals surface area contributed by atoms with Gasteiger partial charge >= 0.3 is 0 Å². The third kappa shape index (κ3) is 1.97. The van der Waals surface area contributed by atoms with E-state index in [0.717, 1.165) is 22.8 Å². The first-order valence-corrected chi connectivity index (χ1v) is 5.64. The van der Waals surface area contributed by atoms with E-state index in [4.69, 9.17) is 10.5 Å². The zero-order valence-electron chi connectivity index (χ0n) is 10.7. The van der Waals surface area contributed by atoms with E-state index < -0.39 is 0 Å². The first-order chi connectivity index (χ1) is 8.58. The fraction of sp³-hybridized carbons (Fsp3) is 0.308. The van der Waals surface area contributed by atoms with Crippen molar-refractivity contribution < 1.29 is 9.13 Å². The average molecular weight is 249 g/mol. The van der Waals surface area contributed by atoms with Gasteiger partial charge in [-0.15, -0.1) is 0 Å². The van der Waals surface area contributed by atoms with E-state index in [-0.39, 0.29) is 11.6 Å². The maximum absolute atomic E-state index is 13.7. The van der Waals surface area contributed by atoms with Gasteiger partial charge < -0.3 is 15.0 Å². The summed E-state index contributed by atoms with van der Waals surface area (Å²) in [5, 5.41) is 0. The number of rotatable bonds is 3. The minimum Gasteiger partial charge on any atom is -0.494 e. The number of methoxy groups -OCH3 is 1. The number of hydrogen-bond donors (Lipinski definition) is 1. The van der Waals surface area contributed by atoms with Gasteiger partial charge in [-0.05, 0) is 25.1 Å². The van der Waals surface area contributed by atoms with E-state index >= 15 is 0 Å². The summed E-state index contributed by atoms with van der Waals surface area (Å²) in [6.07, 6.45) is 0. The summed E-state index contributed by atoms with van der Waals surface area (Å²) < 4.78 is 20.5. The molecule has 0 atom stereocenters. The van der Waals surface area contributed by atoms with E-state index in [0.29, 0.717) is 6.54 Å². The van der Waals surface area contributed by atoms with Crippen molar-refractivity contribution in [2.75, 3.05) is 7.11 Å². The molecule has 0 aliphatic carbocycles. The Morgan fingerprint density at radius 1 is 1.44 bits per heavy atom. The molecular formula is C13H16FN3O. The van der Waals surface area contributed by atoms with Crippen molar-refractivity contribution >= 4 is 0 Å². The van der Waals surface area contributed by atoms with Crippen LogP contribution in [0.5, 0.6) is 5.75 Å². The van der Waals surface area contributed by atoms with Crippen LogP contribution in [-0.2, 0) is 13.6 Å². The molecular weight excluding hydrogens is 233 g/mol. The van der Waals surface area contributed by atoms with Gasteiger partial charge in [-0.1, -0.05) is 0 Å². The summed E-state index contributed by atoms with van der Waals surface area (Å²) in [7, 11) is 3.32. The van der Waals surface area contributed by atoms with Crippen LogP contribution in [0, 0.1) is 12.7 Å². The highest BCUT2D eigenvalue weighted by atomic mass is 19.1. The maximum Gasteiger partial charge on any atom is 0.165 e. The molecule has 2 N–H and O–H groups in total. The molecule has 1 aromatic heterocycles. The van der Waals surface area contributed by atoms with Crippen LogP contribution in [0.3, 0.4) is 0 Å². The Balaban J connectivity index is 2.55. The Bertz CT molecular complexity index is 578. The van der Waals surface area contributed by atoms with Crippen LogP contribution >= 0.6 is 0 Å². The van der Waals surface area contributed by atoms with Crippen LogP contribution < -0.4 is 10.5 Å². The largest absolute Gasteiger partial charge is 0.494 e. The van der Waals surface area contributed by atoms with Crippen molar-refractivity contribution in [2.24, 2.45) is 12.8 Å². The van der Waals surface area contributed by atoms with Crippen LogP contribution in [0.2, 0.25) is 0 Å². The van der Waals surface area contributed by atoms with Crippen molar-refractivity contribution in [3.8, 4) is 17.0 Å². The normalized spacial score (nSPS) is 10.7. The molecule has 96 valence electrons. The van der Waals surface area contributed by atoms with Crippen molar-refractivity contribution in [2.45, 2.75) is 13.5 Å². The Labute approximate surface area is 105 Å². The predicted octanol–water partition coefficient (Wildman–Crippen LogP) is 2.00. The summed E-state index contributed by atoms with van der Waals surface area (Å²) in [5.41, 5.74) is 8.08. The van der Waals surface area contributed by atoms with Crippen molar-refractivity contribution in [1.29, 1.82) is 0 Å². The van der Waals surface area contributed by atoms with Crippen molar-refractivity contribution in [3.63, 3.8) is 0 Å². The summed E-state index contributed by atoms with van der Waals surface area (Å²) in [6.45, 7) is 2.24. The zero-order valence-corrected chi connectivity index (χ0v) is 10.7. The summed E-state index contributed by atoms with van der Waals surface area (Å²) >= 11 is 0. The van der Waals surface area contributed by atoms with Gasteiger partial charge in [-0.25, -0.2) is 9.37 Å². The lowest BCUT2D eigenvalue weighted by atomic mass is 10.1. The van der Waals surface area contributed by atoms with Gasteiger partial charge in [0.25, 0.3) is 0 Å². The quantitative estimate of drug-likeness (QED) is 0.905. The number of benzene rings is 1. The number of nitrogens with zero attached hydrogens (tertiary/aromatic N) is 2. The number of aromatic nitrogens is 2. The fourth-order valence-electron chi connectivity index (χ4n) is 2.09. The number of aryl methyl sites for hydroxylation is 1. The number of halogens is 1. The Hall–Kier alpha value is -1.88. The molecule has 5 heteroatoms. The third-order valence-corrected chi connectivity index (χ3v) is 2.97. The van der Waals surface area contributed by atoms with E-state index in [2.05, 4.69) is 4.98 Å². The van der Waals surface area contributed by atoms with Crippen LogP contribution in [0.15, 0.2) is 18.2 Å². The van der Waals surface area contributed by atoms with E-state index in [1.54, 1.807) is 6.07 Å². The monoisotopic (exact) mass is 249 g/mol. The molecule has 0 spiro atoms. The Kier molecular flexibility index (Phi) is 3.34. The standard InChI is InChI=1S/C13H16FN3O/c1-8-13(17(2)12(7-15)16-8)9-4-5-11(18-3)10(14)6-9/h4-6H,7,15H2,1-3H3. The minimum absolute atomic E-state index is 0.234. The molecule has 0 saturated heterocycles. The fourth-order valence-corrected chi connectivity index (χ4v) is 2.09. The van der Waals surface area contributed by atoms with Gasteiger partial charge in [0, 0.05) is 12.6 Å². The molecule has 0 saturated carbocycles. The second-order valence-corrected chi connectivity index (χ2v) is 4.07. The molecule has 0 aliphatic rings. The first kappa shape index (κ1) is 12.6. The molecule has 0 radical (unpaired) electrons. The van der Waals surface area contributed by atoms with Gasteiger partial charge in [0.15, 0.2) is 11.6 Å². The van der Waals surface area contributed by atoms with Crippen LogP contribution in [0.25, 0.3) is 11.3 Å². The first-order valence-electron chi connectivity index (χ1n) is 5.64. The summed E-state index contributed by atoms with van der Waals surface area (Å²) in [5.74, 6) is 0.626. The molecule has 0 unspecified atom stereocenters. The lowest BCUT2D eigenvalue weighted by Crippen LogP contribution is -2.05. The number of hydrogen-bond acceptors (Lipinski definition) is 3. The van der Waals surface area contributed by atoms with Gasteiger partial charge in [0.1, 0.15) is 5.82 Å². The SMILES string of the molecule is COc1ccc(-c2c(C)nc(CN)n2C)cc1F. The molecule has 1 heterocycles. The van der Waals surface area contributed by atoms with Gasteiger partial charge in [0.05, 0.1) is 25.0 Å². The van der Waals surface area contributed by atoms with E-state index in [1.807, 2.05) is 24.6 Å². The molecule has 0 aliphatic heterocycles. The summed E-state index contributed by atoms with van der Waals surface area (Å²) in [6, 6.07) is 4.87. The second-order valence-electron chi connectivity index (χ2n) is 4.07. The average Bonchev–Trinajstić information content (AvgIpc) is 2.64. The van der Waals surface area contributed by atoms with E-state index in [1.165, 1.54) is 13.2 Å². The molecule has 0 amide bonds. The maximum atomic E-state index is 13.7. The lowest BCUT2D eigenvalue weighted by Gasteiger charge is -2.08. The van der Waals surface area contributed by atoms with Crippen molar-refractivity contribution in [3.05, 3.63) is 35.5 Å². The van der Waals surface area contributed by atoms with Crippen LogP contribution in [0.4, 0.5) is 4.39 Å². The number of nitrogens with two attached hydrogens (primary N) is 1. The Morgan fingerprint density at radius 2 is 2.17 bits per heavy atom. The smallest absolute Gasteiger partial charge is 0.165 e. The number of ether oxygens (including phenoxy) is 1. The van der Waals surface area contributed by atoms with Gasteiger partial charge in [0.2, 0.25) is 0 Å². The molecule has 0 fully saturated rings. The van der Waals surface area contributed by atoms with E-state index in [9.17, 15) is 4.39 Å². The Morgan fingerprint density at radius 3 is 2.67 bits per heavy atom. The predicted molar refractivity (Wildman–Crippen MR) is 67.8 cm³/mol. The second kappa shape index (κ2) is 4.78. The number of imidazole rings is 1. The highest BCUT2D eigenvalue weighted by Crippen LogP contribution is 2.28.